The molecule has 1 aliphatic rings. The van der Waals surface area contributed by atoms with Crippen molar-refractivity contribution in [3.05, 3.63) is 34.0 Å². The van der Waals surface area contributed by atoms with Gasteiger partial charge in [0.15, 0.2) is 11.5 Å². The monoisotopic (exact) mass is 422 g/mol. The summed E-state index contributed by atoms with van der Waals surface area (Å²) in [7, 11) is 0. The fourth-order valence-electron chi connectivity index (χ4n) is 3.64. The molecule has 0 aliphatic carbocycles. The molecule has 160 valence electrons. The van der Waals surface area contributed by atoms with E-state index >= 15 is 0 Å². The van der Waals surface area contributed by atoms with Crippen molar-refractivity contribution >= 4 is 21.9 Å². The summed E-state index contributed by atoms with van der Waals surface area (Å²) in [5.74, 6) is -2.62. The molecule has 1 aliphatic heterocycles. The first-order valence-electron chi connectivity index (χ1n) is 8.83. The van der Waals surface area contributed by atoms with Gasteiger partial charge in [0, 0.05) is 12.1 Å². The third-order valence-corrected chi connectivity index (χ3v) is 5.23. The second-order valence-electron chi connectivity index (χ2n) is 7.05. The van der Waals surface area contributed by atoms with E-state index in [0.717, 1.165) is 18.2 Å². The van der Waals surface area contributed by atoms with Gasteiger partial charge in [-0.15, -0.1) is 0 Å². The molecule has 0 radical (unpaired) electrons. The molecule has 8 N–H and O–H groups in total. The van der Waals surface area contributed by atoms with Crippen LogP contribution in [0.4, 0.5) is 0 Å². The zero-order valence-electron chi connectivity index (χ0n) is 15.1. The molecular weight excluding hydrogens is 404 g/mol. The van der Waals surface area contributed by atoms with Gasteiger partial charge in [-0.2, -0.15) is 0 Å². The van der Waals surface area contributed by atoms with Gasteiger partial charge in [-0.3, -0.25) is 4.79 Å². The lowest BCUT2D eigenvalue weighted by molar-refractivity contribution is -0.232. The number of hydrogen-bond acceptors (Lipinski definition) is 11. The van der Waals surface area contributed by atoms with Gasteiger partial charge in [-0.05, 0) is 6.07 Å². The lowest BCUT2D eigenvalue weighted by atomic mass is 9.89. The van der Waals surface area contributed by atoms with Gasteiger partial charge < -0.3 is 50.0 Å². The average molecular weight is 422 g/mol. The molecule has 0 spiro atoms. The van der Waals surface area contributed by atoms with E-state index in [1.54, 1.807) is 0 Å². The van der Waals surface area contributed by atoms with Crippen LogP contribution < -0.4 is 5.43 Å². The highest BCUT2D eigenvalue weighted by molar-refractivity contribution is 5.96. The van der Waals surface area contributed by atoms with Crippen LogP contribution in [0.1, 0.15) is 11.7 Å². The Labute approximate surface area is 166 Å². The van der Waals surface area contributed by atoms with E-state index in [4.69, 9.17) is 9.15 Å². The molecule has 11 heteroatoms. The smallest absolute Gasteiger partial charge is 0.204 e. The third-order valence-electron chi connectivity index (χ3n) is 5.23. The molecule has 1 saturated heterocycles. The Kier molecular flexibility index (Phi) is 4.71. The molecule has 11 nitrogen and oxygen atoms in total. The number of aliphatic hydroxyl groups excluding tert-OH is 4. The molecule has 3 aromatic rings. The maximum absolute atomic E-state index is 12.9. The van der Waals surface area contributed by atoms with Gasteiger partial charge in [0.25, 0.3) is 0 Å². The predicted octanol–water partition coefficient (Wildman–Crippen LogP) is -0.717. The number of hydrogen-bond donors (Lipinski definition) is 8. The minimum Gasteiger partial charge on any atom is -0.507 e. The molecule has 2 unspecified atom stereocenters. The van der Waals surface area contributed by atoms with Crippen molar-refractivity contribution < 1.29 is 50.0 Å². The van der Waals surface area contributed by atoms with E-state index < -0.39 is 76.5 Å². The molecule has 5 atom stereocenters. The van der Waals surface area contributed by atoms with Crippen molar-refractivity contribution in [2.24, 2.45) is 0 Å². The summed E-state index contributed by atoms with van der Waals surface area (Å²) in [4.78, 5) is 12.9. The summed E-state index contributed by atoms with van der Waals surface area (Å²) in [6.45, 7) is -0.730. The number of ether oxygens (including phenoxy) is 1. The van der Waals surface area contributed by atoms with Gasteiger partial charge in [-0.25, -0.2) is 0 Å². The normalized spacial score (nSPS) is 27.0. The van der Waals surface area contributed by atoms with Gasteiger partial charge >= 0.3 is 0 Å². The van der Waals surface area contributed by atoms with E-state index in [1.807, 2.05) is 0 Å². The van der Waals surface area contributed by atoms with Crippen LogP contribution in [0, 0.1) is 0 Å². The molecule has 4 rings (SSSR count). The number of aromatic hydroxyl groups is 4. The van der Waals surface area contributed by atoms with Crippen molar-refractivity contribution in [2.45, 2.75) is 30.5 Å². The molecule has 2 heterocycles. The van der Waals surface area contributed by atoms with Crippen LogP contribution >= 0.6 is 0 Å². The highest BCUT2D eigenvalue weighted by Gasteiger charge is 2.46. The first kappa shape index (κ1) is 20.2. The Morgan fingerprint density at radius 2 is 1.47 bits per heavy atom. The van der Waals surface area contributed by atoms with E-state index in [-0.39, 0.29) is 16.6 Å². The van der Waals surface area contributed by atoms with Crippen LogP contribution in [-0.2, 0) is 4.74 Å². The average Bonchev–Trinajstić information content (AvgIpc) is 2.69. The van der Waals surface area contributed by atoms with Gasteiger partial charge in [0.05, 0.1) is 17.6 Å². The highest BCUT2D eigenvalue weighted by atomic mass is 16.5. The first-order valence-corrected chi connectivity index (χ1v) is 8.83. The second-order valence-corrected chi connectivity index (χ2v) is 7.05. The Morgan fingerprint density at radius 3 is 2.13 bits per heavy atom. The molecule has 2 aromatic carbocycles. The summed E-state index contributed by atoms with van der Waals surface area (Å²) >= 11 is 0. The summed E-state index contributed by atoms with van der Waals surface area (Å²) < 4.78 is 10.8. The molecule has 0 amide bonds. The van der Waals surface area contributed by atoms with Crippen LogP contribution in [0.5, 0.6) is 23.0 Å². The minimum absolute atomic E-state index is 0.123. The van der Waals surface area contributed by atoms with Crippen molar-refractivity contribution in [1.82, 2.24) is 0 Å². The maximum atomic E-state index is 12.9. The molecule has 0 saturated carbocycles. The SMILES string of the molecule is O=c1c2cc(O)c(O)cc2oc2cc(O)c(C3O[C@H](CO)[C@H](O)[C@H](O)C3O)c(O)c12. The van der Waals surface area contributed by atoms with Crippen LogP contribution in [0.25, 0.3) is 21.9 Å². The molecule has 0 bridgehead atoms. The van der Waals surface area contributed by atoms with E-state index in [0.29, 0.717) is 0 Å². The van der Waals surface area contributed by atoms with Gasteiger partial charge in [0.2, 0.25) is 5.43 Å². The van der Waals surface area contributed by atoms with Gasteiger partial charge in [0.1, 0.15) is 58.6 Å². The van der Waals surface area contributed by atoms with Crippen LogP contribution in [0.3, 0.4) is 0 Å². The quantitative estimate of drug-likeness (QED) is 0.191. The van der Waals surface area contributed by atoms with E-state index in [1.165, 1.54) is 0 Å². The minimum atomic E-state index is -1.81. The van der Waals surface area contributed by atoms with E-state index in [2.05, 4.69) is 0 Å². The topological polar surface area (TPSA) is 201 Å². The van der Waals surface area contributed by atoms with Crippen LogP contribution in [0.15, 0.2) is 27.4 Å². The number of aliphatic hydroxyl groups is 4. The lowest BCUT2D eigenvalue weighted by Gasteiger charge is -2.40. The van der Waals surface area contributed by atoms with Crippen molar-refractivity contribution in [1.29, 1.82) is 0 Å². The molecular formula is C19H18O11. The Balaban J connectivity index is 1.98. The fraction of sp³-hybridized carbons (Fsp3) is 0.316. The zero-order chi connectivity index (χ0) is 21.9. The Bertz CT molecular complexity index is 1200. The first-order chi connectivity index (χ1) is 14.1. The summed E-state index contributed by atoms with van der Waals surface area (Å²) in [6, 6.07) is 2.90. The maximum Gasteiger partial charge on any atom is 0.204 e. The summed E-state index contributed by atoms with van der Waals surface area (Å²) in [6.07, 6.45) is -8.16. The lowest BCUT2D eigenvalue weighted by Crippen LogP contribution is -2.55. The van der Waals surface area contributed by atoms with E-state index in [9.17, 15) is 45.6 Å². The van der Waals surface area contributed by atoms with Crippen molar-refractivity contribution in [2.75, 3.05) is 6.61 Å². The second kappa shape index (κ2) is 7.00. The van der Waals surface area contributed by atoms with Gasteiger partial charge in [-0.1, -0.05) is 0 Å². The largest absolute Gasteiger partial charge is 0.507 e. The molecule has 30 heavy (non-hydrogen) atoms. The summed E-state index contributed by atoms with van der Waals surface area (Å²) in [5.41, 5.74) is -1.66. The number of benzene rings is 2. The Hall–Kier alpha value is -3.09. The van der Waals surface area contributed by atoms with Crippen LogP contribution in [-0.4, -0.2) is 71.9 Å². The molecule has 1 aromatic heterocycles. The number of phenolic OH excluding ortho intramolecular Hbond substituents is 4. The summed E-state index contributed by atoms with van der Waals surface area (Å²) in [5, 5.41) is 79.4. The van der Waals surface area contributed by atoms with Crippen LogP contribution in [0.2, 0.25) is 0 Å². The predicted molar refractivity (Wildman–Crippen MR) is 99.4 cm³/mol. The molecule has 1 fully saturated rings. The highest BCUT2D eigenvalue weighted by Crippen LogP contribution is 2.45. The number of rotatable bonds is 2. The van der Waals surface area contributed by atoms with Crippen molar-refractivity contribution in [3.8, 4) is 23.0 Å². The Morgan fingerprint density at radius 1 is 0.833 bits per heavy atom. The zero-order valence-corrected chi connectivity index (χ0v) is 15.1. The standard InChI is InChI=1S/C19H18O11/c20-4-11-15(25)17(27)18(28)19(30-11)12-8(23)3-10-13(16(12)26)14(24)5-1-6(21)7(22)2-9(5)29-10/h1-3,11,15,17-23,25-28H,4H2/t11-,15+,17+,18?,19?/m1/s1. The number of fused-ring (bicyclic) bond motifs is 2. The van der Waals surface area contributed by atoms with Crippen molar-refractivity contribution in [3.63, 3.8) is 0 Å². The third kappa shape index (κ3) is 2.83. The fourth-order valence-corrected chi connectivity index (χ4v) is 3.64. The number of phenols is 4.